The summed E-state index contributed by atoms with van der Waals surface area (Å²) in [5.41, 5.74) is 2.83. The number of nitrogens with one attached hydrogen (secondary N) is 1. The molecule has 1 fully saturated rings. The van der Waals surface area contributed by atoms with E-state index in [1.165, 1.54) is 0 Å². The number of carbonyl (C=O) groups is 1. The van der Waals surface area contributed by atoms with E-state index in [1.54, 1.807) is 19.3 Å². The molecule has 3 heterocycles. The zero-order valence-corrected chi connectivity index (χ0v) is 15.6. The van der Waals surface area contributed by atoms with Gasteiger partial charge in [0.1, 0.15) is 5.82 Å². The number of anilines is 1. The van der Waals surface area contributed by atoms with E-state index < -0.39 is 0 Å². The SMILES string of the molecule is CC(=O)N1CCc2c(nc(-c3ccncc3)nc2N[C@@H]2CCCC[C@H]2O)C1. The first kappa shape index (κ1) is 17.9. The number of aliphatic hydroxyl groups excluding tert-OH is 1. The van der Waals surface area contributed by atoms with Crippen LogP contribution in [0.1, 0.15) is 43.9 Å². The number of aliphatic hydroxyl groups is 1. The number of aromatic nitrogens is 3. The van der Waals surface area contributed by atoms with Gasteiger partial charge < -0.3 is 15.3 Å². The van der Waals surface area contributed by atoms with Gasteiger partial charge in [0.2, 0.25) is 5.91 Å². The van der Waals surface area contributed by atoms with Crippen LogP contribution in [0.4, 0.5) is 5.82 Å². The van der Waals surface area contributed by atoms with Crippen molar-refractivity contribution in [1.29, 1.82) is 0 Å². The molecule has 7 heteroatoms. The van der Waals surface area contributed by atoms with Gasteiger partial charge >= 0.3 is 0 Å². The van der Waals surface area contributed by atoms with Crippen LogP contribution < -0.4 is 5.32 Å². The Balaban J connectivity index is 1.72. The molecule has 0 aromatic carbocycles. The fourth-order valence-corrected chi connectivity index (χ4v) is 3.90. The molecule has 0 bridgehead atoms. The maximum atomic E-state index is 11.8. The Labute approximate surface area is 158 Å². The Morgan fingerprint density at radius 2 is 2.00 bits per heavy atom. The zero-order chi connectivity index (χ0) is 18.8. The van der Waals surface area contributed by atoms with Crippen LogP contribution in [0.5, 0.6) is 0 Å². The molecular weight excluding hydrogens is 342 g/mol. The molecule has 1 saturated carbocycles. The number of carbonyl (C=O) groups excluding carboxylic acids is 1. The Kier molecular flexibility index (Phi) is 5.03. The van der Waals surface area contributed by atoms with Crippen molar-refractivity contribution in [3.63, 3.8) is 0 Å². The fourth-order valence-electron chi connectivity index (χ4n) is 3.90. The number of fused-ring (bicyclic) bond motifs is 1. The van der Waals surface area contributed by atoms with Gasteiger partial charge in [0.15, 0.2) is 5.82 Å². The third-order valence-corrected chi connectivity index (χ3v) is 5.50. The van der Waals surface area contributed by atoms with E-state index in [1.807, 2.05) is 17.0 Å². The number of nitrogens with zero attached hydrogens (tertiary/aromatic N) is 4. The lowest BCUT2D eigenvalue weighted by Gasteiger charge is -2.32. The highest BCUT2D eigenvalue weighted by atomic mass is 16.3. The predicted octanol–water partition coefficient (Wildman–Crippen LogP) is 2.16. The van der Waals surface area contributed by atoms with E-state index in [0.29, 0.717) is 18.9 Å². The van der Waals surface area contributed by atoms with Gasteiger partial charge in [0.25, 0.3) is 0 Å². The molecule has 2 aromatic rings. The molecule has 0 saturated heterocycles. The number of hydrogen-bond acceptors (Lipinski definition) is 6. The van der Waals surface area contributed by atoms with E-state index in [2.05, 4.69) is 10.3 Å². The summed E-state index contributed by atoms with van der Waals surface area (Å²) in [5.74, 6) is 1.47. The molecule has 1 aliphatic heterocycles. The van der Waals surface area contributed by atoms with Gasteiger partial charge in [-0.1, -0.05) is 12.8 Å². The monoisotopic (exact) mass is 367 g/mol. The maximum Gasteiger partial charge on any atom is 0.219 e. The molecule has 0 spiro atoms. The van der Waals surface area contributed by atoms with Crippen molar-refractivity contribution in [1.82, 2.24) is 19.9 Å². The minimum absolute atomic E-state index is 0.00822. The van der Waals surface area contributed by atoms with Crippen LogP contribution in [0, 0.1) is 0 Å². The number of rotatable bonds is 3. The summed E-state index contributed by atoms with van der Waals surface area (Å²) in [4.78, 5) is 27.3. The minimum Gasteiger partial charge on any atom is -0.391 e. The highest BCUT2D eigenvalue weighted by Gasteiger charge is 2.28. The van der Waals surface area contributed by atoms with Crippen LogP contribution in [0.3, 0.4) is 0 Å². The van der Waals surface area contributed by atoms with Crippen molar-refractivity contribution in [3.05, 3.63) is 35.8 Å². The molecule has 1 aliphatic carbocycles. The first-order chi connectivity index (χ1) is 13.1. The van der Waals surface area contributed by atoms with Crippen molar-refractivity contribution in [3.8, 4) is 11.4 Å². The molecule has 1 amide bonds. The van der Waals surface area contributed by atoms with Crippen LogP contribution in [0.15, 0.2) is 24.5 Å². The van der Waals surface area contributed by atoms with Gasteiger partial charge in [-0.05, 0) is 31.4 Å². The Morgan fingerprint density at radius 3 is 2.74 bits per heavy atom. The largest absolute Gasteiger partial charge is 0.391 e. The summed E-state index contributed by atoms with van der Waals surface area (Å²) >= 11 is 0. The Bertz CT molecular complexity index is 827. The van der Waals surface area contributed by atoms with Crippen molar-refractivity contribution in [2.24, 2.45) is 0 Å². The Morgan fingerprint density at radius 1 is 1.22 bits per heavy atom. The fraction of sp³-hybridized carbons (Fsp3) is 0.500. The quantitative estimate of drug-likeness (QED) is 0.864. The van der Waals surface area contributed by atoms with E-state index in [0.717, 1.165) is 54.7 Å². The van der Waals surface area contributed by atoms with Crippen molar-refractivity contribution >= 4 is 11.7 Å². The van der Waals surface area contributed by atoms with E-state index in [4.69, 9.17) is 9.97 Å². The van der Waals surface area contributed by atoms with Crippen LogP contribution in [-0.2, 0) is 17.8 Å². The second kappa shape index (κ2) is 7.60. The summed E-state index contributed by atoms with van der Waals surface area (Å²) in [6.45, 7) is 2.75. The molecular formula is C20H25N5O2. The third kappa shape index (κ3) is 3.78. The first-order valence-corrected chi connectivity index (χ1v) is 9.62. The normalized spacial score (nSPS) is 22.2. The average molecular weight is 367 g/mol. The second-order valence-corrected chi connectivity index (χ2v) is 7.35. The molecule has 2 atom stereocenters. The summed E-state index contributed by atoms with van der Waals surface area (Å²) in [6, 6.07) is 3.77. The molecule has 7 nitrogen and oxygen atoms in total. The molecule has 2 aromatic heterocycles. The van der Waals surface area contributed by atoms with Gasteiger partial charge in [0.05, 0.1) is 24.4 Å². The lowest BCUT2D eigenvalue weighted by Crippen LogP contribution is -2.39. The van der Waals surface area contributed by atoms with Gasteiger partial charge in [-0.2, -0.15) is 0 Å². The molecule has 142 valence electrons. The first-order valence-electron chi connectivity index (χ1n) is 9.62. The lowest BCUT2D eigenvalue weighted by molar-refractivity contribution is -0.129. The smallest absolute Gasteiger partial charge is 0.219 e. The van der Waals surface area contributed by atoms with Gasteiger partial charge in [-0.3, -0.25) is 9.78 Å². The molecule has 0 unspecified atom stereocenters. The lowest BCUT2D eigenvalue weighted by atomic mass is 9.92. The molecule has 27 heavy (non-hydrogen) atoms. The maximum absolute atomic E-state index is 11.8. The van der Waals surface area contributed by atoms with E-state index >= 15 is 0 Å². The minimum atomic E-state index is -0.356. The van der Waals surface area contributed by atoms with Crippen molar-refractivity contribution in [2.45, 2.75) is 57.7 Å². The summed E-state index contributed by atoms with van der Waals surface area (Å²) in [7, 11) is 0. The number of pyridine rings is 1. The van der Waals surface area contributed by atoms with Crippen LogP contribution >= 0.6 is 0 Å². The van der Waals surface area contributed by atoms with Crippen LogP contribution in [-0.4, -0.2) is 49.6 Å². The Hall–Kier alpha value is -2.54. The van der Waals surface area contributed by atoms with Gasteiger partial charge in [-0.15, -0.1) is 0 Å². The molecule has 2 aliphatic rings. The standard InChI is InChI=1S/C20H25N5O2/c1-13(26)25-11-8-15-17(12-25)23-19(14-6-9-21-10-7-14)24-20(15)22-16-4-2-3-5-18(16)27/h6-7,9-10,16,18,27H,2-5,8,11-12H2,1H3,(H,22,23,24)/t16-,18-/m1/s1. The van der Waals surface area contributed by atoms with Crippen molar-refractivity contribution < 1.29 is 9.90 Å². The van der Waals surface area contributed by atoms with E-state index in [-0.39, 0.29) is 18.1 Å². The average Bonchev–Trinajstić information content (AvgIpc) is 2.69. The van der Waals surface area contributed by atoms with E-state index in [9.17, 15) is 9.90 Å². The van der Waals surface area contributed by atoms with Gasteiger partial charge in [0, 0.05) is 37.0 Å². The summed E-state index contributed by atoms with van der Waals surface area (Å²) < 4.78 is 0. The number of amides is 1. The molecule has 0 radical (unpaired) electrons. The summed E-state index contributed by atoms with van der Waals surface area (Å²) in [6.07, 6.45) is 7.73. The molecule has 2 N–H and O–H groups in total. The van der Waals surface area contributed by atoms with Crippen molar-refractivity contribution in [2.75, 3.05) is 11.9 Å². The highest BCUT2D eigenvalue weighted by Crippen LogP contribution is 2.29. The molecule has 4 rings (SSSR count). The topological polar surface area (TPSA) is 91.2 Å². The highest BCUT2D eigenvalue weighted by molar-refractivity contribution is 5.74. The zero-order valence-electron chi connectivity index (χ0n) is 15.6. The van der Waals surface area contributed by atoms with Crippen LogP contribution in [0.2, 0.25) is 0 Å². The van der Waals surface area contributed by atoms with Gasteiger partial charge in [-0.25, -0.2) is 9.97 Å². The summed E-state index contributed by atoms with van der Waals surface area (Å²) in [5, 5.41) is 13.9. The second-order valence-electron chi connectivity index (χ2n) is 7.35. The van der Waals surface area contributed by atoms with Crippen LogP contribution in [0.25, 0.3) is 11.4 Å². The third-order valence-electron chi connectivity index (χ3n) is 5.50. The number of hydrogen-bond donors (Lipinski definition) is 2. The predicted molar refractivity (Wildman–Crippen MR) is 102 cm³/mol.